The lowest BCUT2D eigenvalue weighted by Crippen LogP contribution is -2.29. The molecule has 1 N–H and O–H groups in total. The zero-order chi connectivity index (χ0) is 23.0. The summed E-state index contributed by atoms with van der Waals surface area (Å²) in [5.74, 6) is -1.55. The molecule has 0 bridgehead atoms. The number of carboxylic acids is 1. The van der Waals surface area contributed by atoms with Gasteiger partial charge in [-0.2, -0.15) is 0 Å². The first kappa shape index (κ1) is 22.4. The van der Waals surface area contributed by atoms with Crippen LogP contribution < -0.4 is 0 Å². The van der Waals surface area contributed by atoms with E-state index in [1.54, 1.807) is 18.2 Å². The summed E-state index contributed by atoms with van der Waals surface area (Å²) in [4.78, 5) is 34.7. The standard InChI is InChI=1S/C24H18Cl2N2O3S/c1-13(2)24(11-15(12-27-24)19(29)17-9-8-16(25)10-18(17)26)21-20(23(30)31)32-22(28-21)14-6-4-3-5-7-14/h3-13H,1-2H3,(H,30,31). The fourth-order valence-electron chi connectivity index (χ4n) is 3.60. The molecule has 0 fully saturated rings. The summed E-state index contributed by atoms with van der Waals surface area (Å²) in [7, 11) is 0. The highest BCUT2D eigenvalue weighted by molar-refractivity contribution is 7.17. The molecule has 1 aromatic heterocycles. The van der Waals surface area contributed by atoms with Crippen LogP contribution in [-0.2, 0) is 5.54 Å². The normalized spacial score (nSPS) is 17.6. The largest absolute Gasteiger partial charge is 0.477 e. The van der Waals surface area contributed by atoms with E-state index >= 15 is 0 Å². The van der Waals surface area contributed by atoms with Gasteiger partial charge in [0.25, 0.3) is 0 Å². The molecule has 3 aromatic rings. The Kier molecular flexibility index (Phi) is 6.03. The Hall–Kier alpha value is -2.80. The van der Waals surface area contributed by atoms with E-state index in [0.29, 0.717) is 26.9 Å². The number of carbonyl (C=O) groups excluding carboxylic acids is 1. The third kappa shape index (κ3) is 3.90. The summed E-state index contributed by atoms with van der Waals surface area (Å²) in [5.41, 5.74) is 0.690. The molecule has 0 radical (unpaired) electrons. The van der Waals surface area contributed by atoms with E-state index in [4.69, 9.17) is 28.2 Å². The number of benzene rings is 2. The molecule has 32 heavy (non-hydrogen) atoms. The van der Waals surface area contributed by atoms with E-state index in [0.717, 1.165) is 16.9 Å². The van der Waals surface area contributed by atoms with Crippen molar-refractivity contribution in [1.82, 2.24) is 4.98 Å². The second-order valence-corrected chi connectivity index (χ2v) is 9.50. The van der Waals surface area contributed by atoms with Crippen LogP contribution in [0.25, 0.3) is 10.6 Å². The highest BCUT2D eigenvalue weighted by Crippen LogP contribution is 2.44. The van der Waals surface area contributed by atoms with Crippen molar-refractivity contribution in [2.45, 2.75) is 19.4 Å². The molecule has 1 unspecified atom stereocenters. The molecule has 0 aliphatic carbocycles. The fraction of sp³-hybridized carbons (Fsp3) is 0.167. The first-order chi connectivity index (χ1) is 15.2. The monoisotopic (exact) mass is 484 g/mol. The van der Waals surface area contributed by atoms with Crippen molar-refractivity contribution >= 4 is 52.5 Å². The zero-order valence-corrected chi connectivity index (χ0v) is 19.5. The zero-order valence-electron chi connectivity index (χ0n) is 17.2. The highest BCUT2D eigenvalue weighted by atomic mass is 35.5. The van der Waals surface area contributed by atoms with Crippen molar-refractivity contribution in [3.8, 4) is 10.6 Å². The van der Waals surface area contributed by atoms with Crippen LogP contribution in [0.2, 0.25) is 10.0 Å². The number of aliphatic imine (C=N–C) groups is 1. The van der Waals surface area contributed by atoms with Crippen molar-refractivity contribution < 1.29 is 14.7 Å². The van der Waals surface area contributed by atoms with Crippen LogP contribution in [0.15, 0.2) is 65.2 Å². The highest BCUT2D eigenvalue weighted by Gasteiger charge is 2.43. The topological polar surface area (TPSA) is 79.6 Å². The van der Waals surface area contributed by atoms with Gasteiger partial charge in [-0.1, -0.05) is 67.4 Å². The third-order valence-corrected chi connectivity index (χ3v) is 6.97. The summed E-state index contributed by atoms with van der Waals surface area (Å²) < 4.78 is 0. The Labute approximate surface area is 199 Å². The number of nitrogens with zero attached hydrogens (tertiary/aromatic N) is 2. The first-order valence-electron chi connectivity index (χ1n) is 9.81. The van der Waals surface area contributed by atoms with Gasteiger partial charge in [-0.3, -0.25) is 9.79 Å². The van der Waals surface area contributed by atoms with E-state index in [-0.39, 0.29) is 21.6 Å². The molecule has 5 nitrogen and oxygen atoms in total. The van der Waals surface area contributed by atoms with Crippen molar-refractivity contribution in [2.75, 3.05) is 0 Å². The van der Waals surface area contributed by atoms with Crippen LogP contribution in [-0.4, -0.2) is 28.1 Å². The summed E-state index contributed by atoms with van der Waals surface area (Å²) in [6.07, 6.45) is 3.17. The molecule has 0 amide bonds. The number of allylic oxidation sites excluding steroid dienone is 1. The maximum atomic E-state index is 13.1. The number of aromatic carboxylic acids is 1. The predicted octanol–water partition coefficient (Wildman–Crippen LogP) is 6.56. The number of rotatable bonds is 6. The Balaban J connectivity index is 1.83. The van der Waals surface area contributed by atoms with Crippen LogP contribution in [0.5, 0.6) is 0 Å². The third-order valence-electron chi connectivity index (χ3n) is 5.33. The molecule has 1 atom stereocenters. The maximum absolute atomic E-state index is 13.1. The molecular weight excluding hydrogens is 467 g/mol. The molecule has 4 rings (SSSR count). The van der Waals surface area contributed by atoms with Gasteiger partial charge in [-0.25, -0.2) is 9.78 Å². The van der Waals surface area contributed by atoms with Crippen LogP contribution in [0.3, 0.4) is 0 Å². The Bertz CT molecular complexity index is 1280. The Morgan fingerprint density at radius 1 is 1.09 bits per heavy atom. The van der Waals surface area contributed by atoms with E-state index in [1.807, 2.05) is 44.2 Å². The van der Waals surface area contributed by atoms with Gasteiger partial charge in [0.1, 0.15) is 15.4 Å². The Morgan fingerprint density at radius 3 is 2.44 bits per heavy atom. The van der Waals surface area contributed by atoms with Crippen LogP contribution >= 0.6 is 34.5 Å². The number of halogens is 2. The van der Waals surface area contributed by atoms with E-state index in [9.17, 15) is 14.7 Å². The average Bonchev–Trinajstić information content (AvgIpc) is 3.40. The van der Waals surface area contributed by atoms with Gasteiger partial charge in [0.2, 0.25) is 0 Å². The number of Topliss-reactive ketones (excluding diaryl/α,β-unsaturated/α-hetero) is 1. The lowest BCUT2D eigenvalue weighted by atomic mass is 9.82. The fourth-order valence-corrected chi connectivity index (χ4v) is 5.07. The SMILES string of the molecule is CC(C)C1(c2nc(-c3ccccc3)sc2C(=O)O)C=C(C(=O)c2ccc(Cl)cc2Cl)C=N1. The molecule has 2 heterocycles. The maximum Gasteiger partial charge on any atom is 0.347 e. The number of hydrogen-bond donors (Lipinski definition) is 1. The van der Waals surface area contributed by atoms with Crippen molar-refractivity contribution in [1.29, 1.82) is 0 Å². The molecule has 162 valence electrons. The first-order valence-corrected chi connectivity index (χ1v) is 11.4. The number of carboxylic acid groups (broad SMARTS) is 1. The summed E-state index contributed by atoms with van der Waals surface area (Å²) in [6, 6.07) is 14.0. The summed E-state index contributed by atoms with van der Waals surface area (Å²) in [5, 5.41) is 11.2. The summed E-state index contributed by atoms with van der Waals surface area (Å²) in [6.45, 7) is 3.84. The molecule has 2 aromatic carbocycles. The summed E-state index contributed by atoms with van der Waals surface area (Å²) >= 11 is 13.3. The van der Waals surface area contributed by atoms with Gasteiger partial charge in [-0.15, -0.1) is 11.3 Å². The number of thiazole rings is 1. The molecule has 1 aliphatic rings. The van der Waals surface area contributed by atoms with Crippen LogP contribution in [0, 0.1) is 5.92 Å². The second-order valence-electron chi connectivity index (χ2n) is 7.66. The minimum absolute atomic E-state index is 0.101. The smallest absolute Gasteiger partial charge is 0.347 e. The predicted molar refractivity (Wildman–Crippen MR) is 128 cm³/mol. The van der Waals surface area contributed by atoms with Crippen molar-refractivity contribution in [3.63, 3.8) is 0 Å². The number of carbonyl (C=O) groups is 2. The number of aromatic nitrogens is 1. The molecule has 0 saturated heterocycles. The molecule has 8 heteroatoms. The Morgan fingerprint density at radius 2 is 1.81 bits per heavy atom. The quantitative estimate of drug-likeness (QED) is 0.401. The van der Waals surface area contributed by atoms with Gasteiger partial charge >= 0.3 is 5.97 Å². The molecular formula is C24H18Cl2N2O3S. The van der Waals surface area contributed by atoms with Crippen molar-refractivity contribution in [2.24, 2.45) is 10.9 Å². The second kappa shape index (κ2) is 8.62. The van der Waals surface area contributed by atoms with Crippen molar-refractivity contribution in [3.05, 3.63) is 86.4 Å². The van der Waals surface area contributed by atoms with E-state index in [1.165, 1.54) is 12.3 Å². The van der Waals surface area contributed by atoms with Gasteiger partial charge in [-0.05, 0) is 30.2 Å². The van der Waals surface area contributed by atoms with Gasteiger partial charge in [0.15, 0.2) is 5.78 Å². The van der Waals surface area contributed by atoms with Gasteiger partial charge < -0.3 is 5.11 Å². The minimum Gasteiger partial charge on any atom is -0.477 e. The van der Waals surface area contributed by atoms with E-state index in [2.05, 4.69) is 4.99 Å². The molecule has 0 saturated carbocycles. The minimum atomic E-state index is -1.08. The lowest BCUT2D eigenvalue weighted by molar-refractivity contribution is 0.0698. The van der Waals surface area contributed by atoms with Gasteiger partial charge in [0.05, 0.1) is 10.7 Å². The molecule has 0 spiro atoms. The van der Waals surface area contributed by atoms with Crippen LogP contribution in [0.4, 0.5) is 0 Å². The number of hydrogen-bond acceptors (Lipinski definition) is 5. The lowest BCUT2D eigenvalue weighted by Gasteiger charge is -2.27. The van der Waals surface area contributed by atoms with Gasteiger partial charge in [0, 0.05) is 27.9 Å². The van der Waals surface area contributed by atoms with Crippen LogP contribution in [0.1, 0.15) is 39.6 Å². The number of ketones is 1. The average molecular weight is 485 g/mol. The molecule has 1 aliphatic heterocycles. The van der Waals surface area contributed by atoms with E-state index < -0.39 is 11.5 Å².